The molecule has 1 saturated carbocycles. The molecule has 4 aliphatic rings. The molecule has 1 aromatic heterocycles. The second kappa shape index (κ2) is 6.01. The van der Waals surface area contributed by atoms with E-state index in [4.69, 9.17) is 0 Å². The van der Waals surface area contributed by atoms with Gasteiger partial charge >= 0.3 is 0 Å². The minimum atomic E-state index is -0.362. The number of likely N-dealkylation sites (tertiary alicyclic amines) is 1. The first kappa shape index (κ1) is 16.2. The molecule has 0 unspecified atom stereocenters. The van der Waals surface area contributed by atoms with E-state index in [0.717, 1.165) is 28.6 Å². The Hall–Kier alpha value is -3.02. The van der Waals surface area contributed by atoms with Crippen LogP contribution >= 0.6 is 0 Å². The highest BCUT2D eigenvalue weighted by Crippen LogP contribution is 2.49. The van der Waals surface area contributed by atoms with E-state index in [1.807, 2.05) is 24.3 Å². The molecule has 1 saturated heterocycles. The van der Waals surface area contributed by atoms with Crippen molar-refractivity contribution in [2.45, 2.75) is 12.8 Å². The number of fused-ring (bicyclic) bond motifs is 2. The fourth-order valence-electron chi connectivity index (χ4n) is 4.79. The number of rotatable bonds is 3. The van der Waals surface area contributed by atoms with E-state index in [9.17, 15) is 14.4 Å². The molecule has 6 heteroatoms. The van der Waals surface area contributed by atoms with E-state index < -0.39 is 0 Å². The molecular formula is C21H19N3O3. The summed E-state index contributed by atoms with van der Waals surface area (Å²) in [5.41, 5.74) is 1.46. The number of amides is 3. The second-order valence-corrected chi connectivity index (χ2v) is 7.56. The summed E-state index contributed by atoms with van der Waals surface area (Å²) < 4.78 is 0. The van der Waals surface area contributed by atoms with Gasteiger partial charge < -0.3 is 5.32 Å². The first-order chi connectivity index (χ1) is 13.1. The molecule has 1 aliphatic heterocycles. The largest absolute Gasteiger partial charge is 0.325 e. The van der Waals surface area contributed by atoms with Crippen LogP contribution in [0.5, 0.6) is 0 Å². The number of hydrogen-bond acceptors (Lipinski definition) is 4. The van der Waals surface area contributed by atoms with Crippen LogP contribution in [0.1, 0.15) is 12.8 Å². The van der Waals surface area contributed by atoms with Crippen LogP contribution in [0, 0.1) is 23.7 Å². The van der Waals surface area contributed by atoms with Crippen molar-refractivity contribution in [1.82, 2.24) is 9.88 Å². The molecule has 136 valence electrons. The van der Waals surface area contributed by atoms with Crippen LogP contribution in [0.15, 0.2) is 48.7 Å². The Bertz CT molecular complexity index is 967. The number of allylic oxidation sites excluding steroid dienone is 2. The van der Waals surface area contributed by atoms with E-state index in [1.165, 1.54) is 0 Å². The summed E-state index contributed by atoms with van der Waals surface area (Å²) in [6.07, 6.45) is 7.77. The van der Waals surface area contributed by atoms with Crippen molar-refractivity contribution in [2.24, 2.45) is 23.7 Å². The van der Waals surface area contributed by atoms with Crippen molar-refractivity contribution in [3.63, 3.8) is 0 Å². The number of hydrogen-bond donors (Lipinski definition) is 1. The number of benzene rings is 1. The molecule has 3 aliphatic carbocycles. The van der Waals surface area contributed by atoms with Gasteiger partial charge in [0.1, 0.15) is 6.54 Å². The van der Waals surface area contributed by atoms with Crippen LogP contribution in [0.25, 0.3) is 10.9 Å². The predicted molar refractivity (Wildman–Crippen MR) is 99.4 cm³/mol. The third kappa shape index (κ3) is 2.55. The van der Waals surface area contributed by atoms with Crippen LogP contribution in [-0.4, -0.2) is 34.2 Å². The fourth-order valence-corrected chi connectivity index (χ4v) is 4.79. The molecule has 4 atom stereocenters. The third-order valence-electron chi connectivity index (χ3n) is 6.04. The smallest absolute Gasteiger partial charge is 0.244 e. The van der Waals surface area contributed by atoms with Gasteiger partial charge in [-0.2, -0.15) is 0 Å². The summed E-state index contributed by atoms with van der Waals surface area (Å²) in [6.45, 7) is -0.227. The highest BCUT2D eigenvalue weighted by Gasteiger charge is 2.56. The van der Waals surface area contributed by atoms with Crippen LogP contribution in [0.3, 0.4) is 0 Å². The number of nitrogens with zero attached hydrogens (tertiary/aromatic N) is 2. The number of aromatic nitrogens is 1. The molecule has 2 aromatic rings. The van der Waals surface area contributed by atoms with Crippen LogP contribution in [0.2, 0.25) is 0 Å². The van der Waals surface area contributed by atoms with Crippen molar-refractivity contribution in [1.29, 1.82) is 0 Å². The SMILES string of the molecule is O=C(CN1C(=O)[C@@H]2[C@@H](C1=O)[C@H]1C=C[C@H]2CC1)Nc1ccc2ncccc2c1. The summed E-state index contributed by atoms with van der Waals surface area (Å²) in [7, 11) is 0. The lowest BCUT2D eigenvalue weighted by molar-refractivity contribution is -0.142. The Labute approximate surface area is 156 Å². The standard InChI is InChI=1S/C21H19N3O3/c25-17(23-15-7-8-16-14(10-15)2-1-9-22-16)11-24-20(26)18-12-3-4-13(6-5-12)19(18)21(24)27/h1-4,7-10,12-13,18-19H,5-6,11H2,(H,23,25)/t12-,13-,18-,19-/m0/s1. The molecule has 1 N–H and O–H groups in total. The van der Waals surface area contributed by atoms with Crippen molar-refractivity contribution in [3.05, 3.63) is 48.7 Å². The van der Waals surface area contributed by atoms with E-state index in [1.54, 1.807) is 12.3 Å². The van der Waals surface area contributed by atoms with E-state index in [0.29, 0.717) is 5.69 Å². The molecule has 27 heavy (non-hydrogen) atoms. The van der Waals surface area contributed by atoms with Crippen LogP contribution in [-0.2, 0) is 14.4 Å². The lowest BCUT2D eigenvalue weighted by atomic mass is 9.63. The molecule has 6 rings (SSSR count). The zero-order chi connectivity index (χ0) is 18.5. The minimum absolute atomic E-state index is 0.137. The lowest BCUT2D eigenvalue weighted by Gasteiger charge is -2.38. The molecular weight excluding hydrogens is 342 g/mol. The van der Waals surface area contributed by atoms with E-state index in [2.05, 4.69) is 22.5 Å². The molecule has 3 amide bonds. The van der Waals surface area contributed by atoms with Crippen molar-refractivity contribution in [2.75, 3.05) is 11.9 Å². The third-order valence-corrected chi connectivity index (χ3v) is 6.04. The molecule has 2 bridgehead atoms. The Balaban J connectivity index is 1.32. The van der Waals surface area contributed by atoms with Gasteiger partial charge in [0.25, 0.3) is 0 Å². The van der Waals surface area contributed by atoms with Crippen molar-refractivity contribution >= 4 is 34.3 Å². The van der Waals surface area contributed by atoms with Gasteiger partial charge in [-0.1, -0.05) is 18.2 Å². The lowest BCUT2D eigenvalue weighted by Crippen LogP contribution is -2.38. The van der Waals surface area contributed by atoms with Gasteiger partial charge in [0, 0.05) is 17.3 Å². The molecule has 2 fully saturated rings. The maximum Gasteiger partial charge on any atom is 0.244 e. The summed E-state index contributed by atoms with van der Waals surface area (Å²) in [6, 6.07) is 9.18. The maximum atomic E-state index is 12.8. The first-order valence-electron chi connectivity index (χ1n) is 9.30. The quantitative estimate of drug-likeness (QED) is 0.672. The highest BCUT2D eigenvalue weighted by molar-refractivity contribution is 6.09. The van der Waals surface area contributed by atoms with Crippen LogP contribution < -0.4 is 5.32 Å². The average molecular weight is 361 g/mol. The van der Waals surface area contributed by atoms with Gasteiger partial charge in [-0.15, -0.1) is 0 Å². The number of nitrogens with one attached hydrogen (secondary N) is 1. The number of imide groups is 1. The normalized spacial score (nSPS) is 28.7. The zero-order valence-corrected chi connectivity index (χ0v) is 14.7. The highest BCUT2D eigenvalue weighted by atomic mass is 16.2. The number of carbonyl (C=O) groups excluding carboxylic acids is 3. The van der Waals surface area contributed by atoms with Gasteiger partial charge in [-0.05, 0) is 48.9 Å². The van der Waals surface area contributed by atoms with Gasteiger partial charge in [-0.3, -0.25) is 24.3 Å². The van der Waals surface area contributed by atoms with Crippen LogP contribution in [0.4, 0.5) is 5.69 Å². The number of carbonyl (C=O) groups is 3. The topological polar surface area (TPSA) is 79.4 Å². The number of anilines is 1. The Kier molecular flexibility index (Phi) is 3.60. The number of pyridine rings is 1. The van der Waals surface area contributed by atoms with Gasteiger partial charge in [0.15, 0.2) is 0 Å². The minimum Gasteiger partial charge on any atom is -0.325 e. The molecule has 1 aromatic carbocycles. The molecule has 0 spiro atoms. The van der Waals surface area contributed by atoms with Gasteiger partial charge in [0.05, 0.1) is 17.4 Å². The Morgan fingerprint density at radius 3 is 2.44 bits per heavy atom. The second-order valence-electron chi connectivity index (χ2n) is 7.56. The monoisotopic (exact) mass is 361 g/mol. The Morgan fingerprint density at radius 1 is 1.07 bits per heavy atom. The predicted octanol–water partition coefficient (Wildman–Crippen LogP) is 2.37. The maximum absolute atomic E-state index is 12.8. The summed E-state index contributed by atoms with van der Waals surface area (Å²) in [5.74, 6) is -1.03. The average Bonchev–Trinajstić information content (AvgIpc) is 2.96. The molecule has 0 radical (unpaired) electrons. The Morgan fingerprint density at radius 2 is 1.78 bits per heavy atom. The summed E-state index contributed by atoms with van der Waals surface area (Å²) in [5, 5.41) is 3.71. The van der Waals surface area contributed by atoms with Gasteiger partial charge in [-0.25, -0.2) is 0 Å². The van der Waals surface area contributed by atoms with E-state index >= 15 is 0 Å². The zero-order valence-electron chi connectivity index (χ0n) is 14.7. The van der Waals surface area contributed by atoms with Gasteiger partial charge in [0.2, 0.25) is 17.7 Å². The summed E-state index contributed by atoms with van der Waals surface area (Å²) >= 11 is 0. The molecule has 6 nitrogen and oxygen atoms in total. The molecule has 2 heterocycles. The first-order valence-corrected chi connectivity index (χ1v) is 9.30. The fraction of sp³-hybridized carbons (Fsp3) is 0.333. The van der Waals surface area contributed by atoms with Crippen molar-refractivity contribution < 1.29 is 14.4 Å². The van der Waals surface area contributed by atoms with Crippen molar-refractivity contribution in [3.8, 4) is 0 Å². The van der Waals surface area contributed by atoms with E-state index in [-0.39, 0.29) is 47.9 Å². The summed E-state index contributed by atoms with van der Waals surface area (Å²) in [4.78, 5) is 43.5.